The standard InChI is InChI=1S/C20H27N3O4S2/c1-16(20(24)21-10-9-18-4-3-15-28-18)22-11-13-23(14-12-22)29(25,26)19-7-5-17(27-2)6-8-19/h3-8,15-16H,9-14H2,1-2H3,(H,21,24)/t16-/m0/s1. The van der Waals surface area contributed by atoms with E-state index < -0.39 is 10.0 Å². The summed E-state index contributed by atoms with van der Waals surface area (Å²) in [6.07, 6.45) is 0.823. The fraction of sp³-hybridized carbons (Fsp3) is 0.450. The smallest absolute Gasteiger partial charge is 0.243 e. The molecule has 29 heavy (non-hydrogen) atoms. The maximum absolute atomic E-state index is 12.8. The minimum absolute atomic E-state index is 0.0204. The van der Waals surface area contributed by atoms with Crippen molar-refractivity contribution in [3.8, 4) is 5.75 Å². The van der Waals surface area contributed by atoms with E-state index in [1.807, 2.05) is 23.3 Å². The van der Waals surface area contributed by atoms with Crippen molar-refractivity contribution in [2.24, 2.45) is 0 Å². The highest BCUT2D eigenvalue weighted by molar-refractivity contribution is 7.89. The monoisotopic (exact) mass is 437 g/mol. The number of sulfonamides is 1. The van der Waals surface area contributed by atoms with Crippen LogP contribution in [-0.2, 0) is 21.2 Å². The summed E-state index contributed by atoms with van der Waals surface area (Å²) < 4.78 is 32.2. The number of hydrogen-bond donors (Lipinski definition) is 1. The first-order valence-electron chi connectivity index (χ1n) is 9.60. The highest BCUT2D eigenvalue weighted by atomic mass is 32.2. The summed E-state index contributed by atoms with van der Waals surface area (Å²) in [5.74, 6) is 0.598. The average Bonchev–Trinajstić information content (AvgIpc) is 3.26. The van der Waals surface area contributed by atoms with E-state index in [0.29, 0.717) is 38.5 Å². The first-order chi connectivity index (χ1) is 13.9. The summed E-state index contributed by atoms with van der Waals surface area (Å²) in [4.78, 5) is 16.0. The number of thiophene rings is 1. The van der Waals surface area contributed by atoms with Gasteiger partial charge in [0.1, 0.15) is 5.75 Å². The van der Waals surface area contributed by atoms with Crippen LogP contribution in [0.2, 0.25) is 0 Å². The van der Waals surface area contributed by atoms with Gasteiger partial charge >= 0.3 is 0 Å². The van der Waals surface area contributed by atoms with Crippen LogP contribution < -0.4 is 10.1 Å². The number of methoxy groups -OCH3 is 1. The van der Waals surface area contributed by atoms with Crippen molar-refractivity contribution in [3.63, 3.8) is 0 Å². The van der Waals surface area contributed by atoms with Crippen molar-refractivity contribution in [1.82, 2.24) is 14.5 Å². The number of rotatable bonds is 8. The van der Waals surface area contributed by atoms with Gasteiger partial charge in [-0.1, -0.05) is 6.07 Å². The zero-order valence-electron chi connectivity index (χ0n) is 16.7. The minimum Gasteiger partial charge on any atom is -0.497 e. The van der Waals surface area contributed by atoms with Gasteiger partial charge in [-0.2, -0.15) is 4.31 Å². The first-order valence-corrected chi connectivity index (χ1v) is 11.9. The van der Waals surface area contributed by atoms with Crippen molar-refractivity contribution >= 4 is 27.3 Å². The molecule has 0 unspecified atom stereocenters. The molecular formula is C20H27N3O4S2. The maximum atomic E-state index is 12.8. The lowest BCUT2D eigenvalue weighted by Crippen LogP contribution is -2.55. The van der Waals surface area contributed by atoms with Crippen LogP contribution in [0, 0.1) is 0 Å². The summed E-state index contributed by atoms with van der Waals surface area (Å²) in [5.41, 5.74) is 0. The average molecular weight is 438 g/mol. The molecule has 9 heteroatoms. The molecule has 1 fully saturated rings. The van der Waals surface area contributed by atoms with Gasteiger partial charge in [-0.05, 0) is 49.1 Å². The Morgan fingerprint density at radius 1 is 1.17 bits per heavy atom. The summed E-state index contributed by atoms with van der Waals surface area (Å²) in [5, 5.41) is 5.01. The Bertz CT molecular complexity index is 890. The van der Waals surface area contributed by atoms with Crippen LogP contribution in [0.1, 0.15) is 11.8 Å². The molecule has 1 saturated heterocycles. The van der Waals surface area contributed by atoms with Gasteiger partial charge in [-0.25, -0.2) is 8.42 Å². The third-order valence-electron chi connectivity index (χ3n) is 5.15. The van der Waals surface area contributed by atoms with Crippen LogP contribution >= 0.6 is 11.3 Å². The number of nitrogens with one attached hydrogen (secondary N) is 1. The summed E-state index contributed by atoms with van der Waals surface area (Å²) in [6, 6.07) is 10.2. The highest BCUT2D eigenvalue weighted by Crippen LogP contribution is 2.21. The minimum atomic E-state index is -3.54. The molecule has 1 aromatic carbocycles. The van der Waals surface area contributed by atoms with Gasteiger partial charge in [-0.3, -0.25) is 9.69 Å². The second-order valence-corrected chi connectivity index (χ2v) is 9.88. The second-order valence-electron chi connectivity index (χ2n) is 6.91. The zero-order chi connectivity index (χ0) is 20.9. The van der Waals surface area contributed by atoms with Crippen LogP contribution in [0.15, 0.2) is 46.7 Å². The molecule has 0 aliphatic carbocycles. The van der Waals surface area contributed by atoms with E-state index in [1.54, 1.807) is 42.7 Å². The van der Waals surface area contributed by atoms with Crippen LogP contribution in [0.5, 0.6) is 5.75 Å². The maximum Gasteiger partial charge on any atom is 0.243 e. The third-order valence-corrected chi connectivity index (χ3v) is 8.00. The Morgan fingerprint density at radius 3 is 2.45 bits per heavy atom. The molecule has 1 aromatic heterocycles. The summed E-state index contributed by atoms with van der Waals surface area (Å²) >= 11 is 1.68. The Kier molecular flexibility index (Phi) is 7.28. The van der Waals surface area contributed by atoms with Crippen molar-refractivity contribution in [2.45, 2.75) is 24.3 Å². The van der Waals surface area contributed by atoms with Crippen LogP contribution in [0.3, 0.4) is 0 Å². The van der Waals surface area contributed by atoms with Gasteiger partial charge < -0.3 is 10.1 Å². The largest absolute Gasteiger partial charge is 0.497 e. The molecule has 1 aliphatic heterocycles. The number of amides is 1. The number of benzene rings is 1. The molecule has 2 heterocycles. The van der Waals surface area contributed by atoms with Crippen LogP contribution in [0.25, 0.3) is 0 Å². The Morgan fingerprint density at radius 2 is 1.86 bits per heavy atom. The van der Waals surface area contributed by atoms with E-state index in [4.69, 9.17) is 4.74 Å². The highest BCUT2D eigenvalue weighted by Gasteiger charge is 2.31. The molecule has 2 aromatic rings. The normalized spacial score (nSPS) is 17.0. The lowest BCUT2D eigenvalue weighted by molar-refractivity contribution is -0.126. The Labute approximate surface area is 176 Å². The lowest BCUT2D eigenvalue weighted by Gasteiger charge is -2.36. The molecule has 1 aliphatic rings. The van der Waals surface area contributed by atoms with E-state index in [9.17, 15) is 13.2 Å². The molecule has 0 radical (unpaired) electrons. The van der Waals surface area contributed by atoms with E-state index in [2.05, 4.69) is 11.4 Å². The van der Waals surface area contributed by atoms with Crippen LogP contribution in [0.4, 0.5) is 0 Å². The topological polar surface area (TPSA) is 79.0 Å². The van der Waals surface area contributed by atoms with Crippen molar-refractivity contribution < 1.29 is 17.9 Å². The first kappa shape index (κ1) is 21.8. The predicted octanol–water partition coefficient (Wildman–Crippen LogP) is 1.81. The molecule has 1 atom stereocenters. The second kappa shape index (κ2) is 9.71. The number of piperazine rings is 1. The molecular weight excluding hydrogens is 410 g/mol. The molecule has 7 nitrogen and oxygen atoms in total. The Hall–Kier alpha value is -1.94. The quantitative estimate of drug-likeness (QED) is 0.681. The number of hydrogen-bond acceptors (Lipinski definition) is 6. The van der Waals surface area contributed by atoms with E-state index >= 15 is 0 Å². The fourth-order valence-corrected chi connectivity index (χ4v) is 5.44. The van der Waals surface area contributed by atoms with Crippen LogP contribution in [-0.4, -0.2) is 69.4 Å². The number of ether oxygens (including phenoxy) is 1. The fourth-order valence-electron chi connectivity index (χ4n) is 3.31. The summed E-state index contributed by atoms with van der Waals surface area (Å²) in [7, 11) is -2.00. The van der Waals surface area contributed by atoms with Crippen molar-refractivity contribution in [2.75, 3.05) is 39.8 Å². The van der Waals surface area contributed by atoms with Crippen molar-refractivity contribution in [1.29, 1.82) is 0 Å². The van der Waals surface area contributed by atoms with Gasteiger partial charge in [0.2, 0.25) is 15.9 Å². The van der Waals surface area contributed by atoms with Gasteiger partial charge in [-0.15, -0.1) is 11.3 Å². The molecule has 0 bridgehead atoms. The molecule has 1 N–H and O–H groups in total. The predicted molar refractivity (Wildman–Crippen MR) is 114 cm³/mol. The number of carbonyl (C=O) groups is 1. The van der Waals surface area contributed by atoms with E-state index in [0.717, 1.165) is 6.42 Å². The lowest BCUT2D eigenvalue weighted by atomic mass is 10.2. The SMILES string of the molecule is COc1ccc(S(=O)(=O)N2CCN([C@@H](C)C(=O)NCCc3cccs3)CC2)cc1. The van der Waals surface area contributed by atoms with Gasteiger partial charge in [0.15, 0.2) is 0 Å². The molecule has 0 saturated carbocycles. The van der Waals surface area contributed by atoms with E-state index in [-0.39, 0.29) is 16.8 Å². The van der Waals surface area contributed by atoms with Gasteiger partial charge in [0.25, 0.3) is 0 Å². The Balaban J connectivity index is 1.50. The molecule has 1 amide bonds. The van der Waals surface area contributed by atoms with E-state index in [1.165, 1.54) is 9.18 Å². The molecule has 3 rings (SSSR count). The number of carbonyl (C=O) groups excluding carboxylic acids is 1. The zero-order valence-corrected chi connectivity index (χ0v) is 18.3. The van der Waals surface area contributed by atoms with Crippen molar-refractivity contribution in [3.05, 3.63) is 46.7 Å². The molecule has 158 valence electrons. The summed E-state index contributed by atoms with van der Waals surface area (Å²) in [6.45, 7) is 4.25. The number of nitrogens with zero attached hydrogens (tertiary/aromatic N) is 2. The third kappa shape index (κ3) is 5.36. The molecule has 0 spiro atoms. The van der Waals surface area contributed by atoms with Gasteiger partial charge in [0.05, 0.1) is 18.0 Å². The van der Waals surface area contributed by atoms with Gasteiger partial charge in [0, 0.05) is 37.6 Å².